The third-order valence-corrected chi connectivity index (χ3v) is 2.84. The summed E-state index contributed by atoms with van der Waals surface area (Å²) >= 11 is 0. The van der Waals surface area contributed by atoms with Gasteiger partial charge in [-0.3, -0.25) is 4.79 Å². The Labute approximate surface area is 120 Å². The van der Waals surface area contributed by atoms with Gasteiger partial charge in [0.2, 0.25) is 0 Å². The van der Waals surface area contributed by atoms with E-state index in [1.165, 1.54) is 0 Å². The molecule has 0 saturated heterocycles. The number of aromatic amines is 1. The maximum absolute atomic E-state index is 13.2. The summed E-state index contributed by atoms with van der Waals surface area (Å²) in [6.45, 7) is 1.94. The van der Waals surface area contributed by atoms with Gasteiger partial charge in [-0.25, -0.2) is 8.78 Å². The zero-order chi connectivity index (χ0) is 14.0. The van der Waals surface area contributed by atoms with Crippen LogP contribution in [0.3, 0.4) is 0 Å². The van der Waals surface area contributed by atoms with Crippen molar-refractivity contribution in [2.45, 2.75) is 19.4 Å². The number of carbonyl (C=O) groups excluding carboxylic acids is 1. The van der Waals surface area contributed by atoms with Crippen molar-refractivity contribution in [2.24, 2.45) is 5.73 Å². The predicted molar refractivity (Wildman–Crippen MR) is 73.8 cm³/mol. The Bertz CT molecular complexity index is 616. The number of ether oxygens (including phenoxy) is 1. The Morgan fingerprint density at radius 1 is 1.40 bits per heavy atom. The number of nitrogens with one attached hydrogen (secondary N) is 1. The normalized spacial score (nSPS) is 12.0. The van der Waals surface area contributed by atoms with Crippen LogP contribution in [0.25, 0.3) is 10.9 Å². The standard InChI is InChI=1S/C13H14F2N2O2.ClH/c1-2-19-13(18)11(16)3-7-6-17-12-5-10(15)9(14)4-8(7)12;/h4-6,11,17H,2-3,16H2,1H3;1H. The molecule has 1 aromatic heterocycles. The first-order valence-electron chi connectivity index (χ1n) is 5.90. The lowest BCUT2D eigenvalue weighted by molar-refractivity contribution is -0.144. The molecule has 0 spiro atoms. The zero-order valence-corrected chi connectivity index (χ0v) is 11.6. The summed E-state index contributed by atoms with van der Waals surface area (Å²) in [6.07, 6.45) is 1.78. The number of aromatic nitrogens is 1. The highest BCUT2D eigenvalue weighted by molar-refractivity contribution is 5.85. The second-order valence-electron chi connectivity index (χ2n) is 4.19. The van der Waals surface area contributed by atoms with Gasteiger partial charge in [0, 0.05) is 29.6 Å². The minimum atomic E-state index is -0.932. The highest BCUT2D eigenvalue weighted by Gasteiger charge is 2.18. The van der Waals surface area contributed by atoms with Gasteiger partial charge in [-0.05, 0) is 18.6 Å². The number of esters is 1. The smallest absolute Gasteiger partial charge is 0.323 e. The molecule has 0 aliphatic carbocycles. The molecule has 0 radical (unpaired) electrons. The summed E-state index contributed by atoms with van der Waals surface area (Å²) in [4.78, 5) is 14.3. The number of carbonyl (C=O) groups is 1. The lowest BCUT2D eigenvalue weighted by Crippen LogP contribution is -2.34. The van der Waals surface area contributed by atoms with Gasteiger partial charge in [-0.1, -0.05) is 0 Å². The van der Waals surface area contributed by atoms with Gasteiger partial charge in [0.25, 0.3) is 0 Å². The molecule has 0 saturated carbocycles. The second kappa shape index (κ2) is 6.67. The van der Waals surface area contributed by atoms with Crippen molar-refractivity contribution in [3.05, 3.63) is 35.5 Å². The fourth-order valence-electron chi connectivity index (χ4n) is 1.91. The van der Waals surface area contributed by atoms with Crippen LogP contribution in [-0.2, 0) is 16.0 Å². The summed E-state index contributed by atoms with van der Waals surface area (Å²) in [5, 5.41) is 0.513. The van der Waals surface area contributed by atoms with Crippen molar-refractivity contribution in [3.63, 3.8) is 0 Å². The molecule has 0 amide bonds. The van der Waals surface area contributed by atoms with Gasteiger partial charge in [-0.2, -0.15) is 0 Å². The highest BCUT2D eigenvalue weighted by atomic mass is 35.5. The highest BCUT2D eigenvalue weighted by Crippen LogP contribution is 2.22. The van der Waals surface area contributed by atoms with Crippen LogP contribution in [0.15, 0.2) is 18.3 Å². The lowest BCUT2D eigenvalue weighted by atomic mass is 10.1. The Morgan fingerprint density at radius 2 is 2.05 bits per heavy atom. The van der Waals surface area contributed by atoms with Crippen LogP contribution in [0.1, 0.15) is 12.5 Å². The summed E-state index contributed by atoms with van der Waals surface area (Å²) in [6, 6.07) is 1.34. The first kappa shape index (κ1) is 16.4. The van der Waals surface area contributed by atoms with E-state index in [1.54, 1.807) is 13.1 Å². The Balaban J connectivity index is 0.00000200. The van der Waals surface area contributed by atoms with Gasteiger partial charge in [0.15, 0.2) is 11.6 Å². The van der Waals surface area contributed by atoms with Crippen LogP contribution in [0.5, 0.6) is 0 Å². The fraction of sp³-hybridized carbons (Fsp3) is 0.308. The Kier molecular flexibility index (Phi) is 5.47. The molecule has 3 N–H and O–H groups in total. The minimum Gasteiger partial charge on any atom is -0.465 e. The summed E-state index contributed by atoms with van der Waals surface area (Å²) in [7, 11) is 0. The van der Waals surface area contributed by atoms with Crippen molar-refractivity contribution < 1.29 is 18.3 Å². The molecule has 2 rings (SSSR count). The van der Waals surface area contributed by atoms with E-state index in [0.29, 0.717) is 16.5 Å². The van der Waals surface area contributed by atoms with Crippen LogP contribution in [0, 0.1) is 11.6 Å². The number of H-pyrrole nitrogens is 1. The molecule has 4 nitrogen and oxygen atoms in total. The Hall–Kier alpha value is -1.66. The largest absolute Gasteiger partial charge is 0.465 e. The predicted octanol–water partition coefficient (Wildman–Crippen LogP) is 2.30. The maximum atomic E-state index is 13.2. The van der Waals surface area contributed by atoms with Crippen LogP contribution in [-0.4, -0.2) is 23.6 Å². The molecule has 1 unspecified atom stereocenters. The molecule has 0 bridgehead atoms. The van der Waals surface area contributed by atoms with Gasteiger partial charge in [0.05, 0.1) is 6.61 Å². The molecule has 0 fully saturated rings. The number of fused-ring (bicyclic) bond motifs is 1. The van der Waals surface area contributed by atoms with Crippen molar-refractivity contribution in [1.82, 2.24) is 4.98 Å². The lowest BCUT2D eigenvalue weighted by Gasteiger charge is -2.09. The van der Waals surface area contributed by atoms with Crippen LogP contribution in [0.4, 0.5) is 8.78 Å². The fourth-order valence-corrected chi connectivity index (χ4v) is 1.91. The number of nitrogens with two attached hydrogens (primary N) is 1. The van der Waals surface area contributed by atoms with Crippen LogP contribution < -0.4 is 5.73 Å². The molecule has 1 atom stereocenters. The summed E-state index contributed by atoms with van der Waals surface area (Å²) in [5.41, 5.74) is 6.81. The van der Waals surface area contributed by atoms with E-state index in [9.17, 15) is 13.6 Å². The van der Waals surface area contributed by atoms with Gasteiger partial charge < -0.3 is 15.5 Å². The van der Waals surface area contributed by atoms with E-state index in [-0.39, 0.29) is 25.4 Å². The maximum Gasteiger partial charge on any atom is 0.323 e. The van der Waals surface area contributed by atoms with E-state index in [1.807, 2.05) is 0 Å². The molecule has 20 heavy (non-hydrogen) atoms. The number of halogens is 3. The molecule has 2 aromatic rings. The molecule has 1 heterocycles. The van der Waals surface area contributed by atoms with E-state index < -0.39 is 23.6 Å². The number of rotatable bonds is 4. The topological polar surface area (TPSA) is 68.1 Å². The molecular weight excluding hydrogens is 290 g/mol. The average Bonchev–Trinajstić information content (AvgIpc) is 2.73. The SMILES string of the molecule is CCOC(=O)C(N)Cc1c[nH]c2cc(F)c(F)cc12.Cl. The molecule has 0 aliphatic rings. The van der Waals surface area contributed by atoms with E-state index in [4.69, 9.17) is 10.5 Å². The van der Waals surface area contributed by atoms with E-state index in [0.717, 1.165) is 12.1 Å². The summed E-state index contributed by atoms with van der Waals surface area (Å²) in [5.74, 6) is -2.37. The van der Waals surface area contributed by atoms with E-state index >= 15 is 0 Å². The van der Waals surface area contributed by atoms with Gasteiger partial charge in [-0.15, -0.1) is 12.4 Å². The van der Waals surface area contributed by atoms with Crippen molar-refractivity contribution in [3.8, 4) is 0 Å². The number of hydrogen-bond donors (Lipinski definition) is 2. The quantitative estimate of drug-likeness (QED) is 0.852. The van der Waals surface area contributed by atoms with Crippen molar-refractivity contribution in [2.75, 3.05) is 6.61 Å². The molecule has 7 heteroatoms. The molecule has 110 valence electrons. The van der Waals surface area contributed by atoms with Gasteiger partial charge in [0.1, 0.15) is 6.04 Å². The van der Waals surface area contributed by atoms with E-state index in [2.05, 4.69) is 4.98 Å². The van der Waals surface area contributed by atoms with Crippen molar-refractivity contribution in [1.29, 1.82) is 0 Å². The first-order chi connectivity index (χ1) is 9.02. The Morgan fingerprint density at radius 3 is 2.70 bits per heavy atom. The van der Waals surface area contributed by atoms with Crippen molar-refractivity contribution >= 4 is 29.3 Å². The minimum absolute atomic E-state index is 0. The molecule has 1 aromatic carbocycles. The molecular formula is C13H15ClF2N2O2. The average molecular weight is 305 g/mol. The number of hydrogen-bond acceptors (Lipinski definition) is 3. The first-order valence-corrected chi connectivity index (χ1v) is 5.90. The van der Waals surface area contributed by atoms with Crippen LogP contribution >= 0.6 is 12.4 Å². The van der Waals surface area contributed by atoms with Gasteiger partial charge >= 0.3 is 5.97 Å². The number of benzene rings is 1. The summed E-state index contributed by atoms with van der Waals surface area (Å²) < 4.78 is 31.1. The zero-order valence-electron chi connectivity index (χ0n) is 10.8. The molecule has 0 aliphatic heterocycles. The van der Waals surface area contributed by atoms with Crippen LogP contribution in [0.2, 0.25) is 0 Å². The third-order valence-electron chi connectivity index (χ3n) is 2.84. The third kappa shape index (κ3) is 3.26. The monoisotopic (exact) mass is 304 g/mol. The second-order valence-corrected chi connectivity index (χ2v) is 4.19.